The van der Waals surface area contributed by atoms with Gasteiger partial charge < -0.3 is 5.32 Å². The molecule has 0 aliphatic heterocycles. The number of hydrogen-bond donors (Lipinski definition) is 1. The second-order valence-corrected chi connectivity index (χ2v) is 7.08. The maximum atomic E-state index is 4.88. The maximum absolute atomic E-state index is 4.88. The first-order valence-electron chi connectivity index (χ1n) is 9.11. The van der Waals surface area contributed by atoms with Crippen molar-refractivity contribution in [3.05, 3.63) is 18.0 Å². The van der Waals surface area contributed by atoms with Gasteiger partial charge in [-0.15, -0.1) is 0 Å². The fourth-order valence-corrected chi connectivity index (χ4v) is 3.94. The van der Waals surface area contributed by atoms with E-state index in [0.29, 0.717) is 6.04 Å². The molecule has 0 spiro atoms. The molecule has 2 fully saturated rings. The topological polar surface area (TPSA) is 29.9 Å². The Morgan fingerprint density at radius 1 is 1.14 bits per heavy atom. The van der Waals surface area contributed by atoms with Crippen molar-refractivity contribution in [3.8, 4) is 0 Å². The summed E-state index contributed by atoms with van der Waals surface area (Å²) in [7, 11) is 0. The molecule has 1 heterocycles. The van der Waals surface area contributed by atoms with E-state index in [-0.39, 0.29) is 0 Å². The highest BCUT2D eigenvalue weighted by Gasteiger charge is 2.31. The minimum absolute atomic E-state index is 0.677. The van der Waals surface area contributed by atoms with Crippen molar-refractivity contribution in [3.63, 3.8) is 0 Å². The van der Waals surface area contributed by atoms with Crippen molar-refractivity contribution < 1.29 is 0 Å². The van der Waals surface area contributed by atoms with Crippen molar-refractivity contribution in [2.24, 2.45) is 11.8 Å². The quantitative estimate of drug-likeness (QED) is 0.770. The first-order chi connectivity index (χ1) is 10.4. The van der Waals surface area contributed by atoms with Crippen molar-refractivity contribution in [2.75, 3.05) is 13.1 Å². The minimum Gasteiger partial charge on any atom is -0.316 e. The summed E-state index contributed by atoms with van der Waals surface area (Å²) >= 11 is 0. The summed E-state index contributed by atoms with van der Waals surface area (Å²) in [6, 6.07) is 2.94. The molecule has 0 amide bonds. The van der Waals surface area contributed by atoms with Crippen LogP contribution in [0.2, 0.25) is 0 Å². The summed E-state index contributed by atoms with van der Waals surface area (Å²) in [6.45, 7) is 4.62. The second-order valence-electron chi connectivity index (χ2n) is 7.08. The Labute approximate surface area is 129 Å². The van der Waals surface area contributed by atoms with Crippen LogP contribution in [0.4, 0.5) is 0 Å². The van der Waals surface area contributed by atoms with Crippen LogP contribution < -0.4 is 5.32 Å². The molecule has 3 rings (SSSR count). The van der Waals surface area contributed by atoms with Crippen LogP contribution in [0.3, 0.4) is 0 Å². The van der Waals surface area contributed by atoms with Crippen LogP contribution in [-0.2, 0) is 6.42 Å². The molecule has 3 heteroatoms. The summed E-state index contributed by atoms with van der Waals surface area (Å²) in [5.74, 6) is 1.75. The maximum Gasteiger partial charge on any atom is 0.0627 e. The highest BCUT2D eigenvalue weighted by molar-refractivity contribution is 5.03. The van der Waals surface area contributed by atoms with Crippen molar-refractivity contribution >= 4 is 0 Å². The molecule has 2 aliphatic rings. The fraction of sp³-hybridized carbons (Fsp3) is 0.833. The van der Waals surface area contributed by atoms with Gasteiger partial charge >= 0.3 is 0 Å². The Morgan fingerprint density at radius 3 is 2.67 bits per heavy atom. The van der Waals surface area contributed by atoms with E-state index in [1.165, 1.54) is 76.6 Å². The molecule has 0 saturated heterocycles. The Hall–Kier alpha value is -0.830. The van der Waals surface area contributed by atoms with E-state index < -0.39 is 0 Å². The zero-order valence-corrected chi connectivity index (χ0v) is 13.6. The summed E-state index contributed by atoms with van der Waals surface area (Å²) < 4.78 is 2.26. The molecule has 2 aliphatic carbocycles. The predicted molar refractivity (Wildman–Crippen MR) is 87.4 cm³/mol. The van der Waals surface area contributed by atoms with Gasteiger partial charge in [0.15, 0.2) is 0 Å². The normalized spacial score (nSPS) is 26.7. The zero-order valence-electron chi connectivity index (χ0n) is 13.6. The molecule has 1 N–H and O–H groups in total. The van der Waals surface area contributed by atoms with Crippen LogP contribution in [0, 0.1) is 11.8 Å². The molecule has 0 bridgehead atoms. The summed E-state index contributed by atoms with van der Waals surface area (Å²) in [6.07, 6.45) is 14.3. The van der Waals surface area contributed by atoms with Gasteiger partial charge in [0.2, 0.25) is 0 Å². The van der Waals surface area contributed by atoms with E-state index in [1.54, 1.807) is 0 Å². The summed E-state index contributed by atoms with van der Waals surface area (Å²) in [5.41, 5.74) is 1.32. The van der Waals surface area contributed by atoms with Gasteiger partial charge in [0.05, 0.1) is 11.7 Å². The van der Waals surface area contributed by atoms with Crippen molar-refractivity contribution in [1.82, 2.24) is 15.1 Å². The van der Waals surface area contributed by atoms with E-state index in [4.69, 9.17) is 5.10 Å². The lowest BCUT2D eigenvalue weighted by molar-refractivity contribution is 0.169. The van der Waals surface area contributed by atoms with Gasteiger partial charge in [-0.3, -0.25) is 4.68 Å². The Balaban J connectivity index is 1.48. The van der Waals surface area contributed by atoms with E-state index in [0.717, 1.165) is 11.8 Å². The SMILES string of the molecule is CCCNCC1CCC1Cc1ccn(C2CCCCC2)n1. The highest BCUT2D eigenvalue weighted by Crippen LogP contribution is 2.36. The lowest BCUT2D eigenvalue weighted by Crippen LogP contribution is -2.36. The van der Waals surface area contributed by atoms with Gasteiger partial charge in [0.1, 0.15) is 0 Å². The third-order valence-electron chi connectivity index (χ3n) is 5.49. The van der Waals surface area contributed by atoms with Crippen LogP contribution in [0.5, 0.6) is 0 Å². The standard InChI is InChI=1S/C18H31N3/c1-2-11-19-14-16-9-8-15(16)13-17-10-12-21(20-17)18-6-4-3-5-7-18/h10,12,15-16,18-19H,2-9,11,13-14H2,1H3. The molecule has 1 aromatic heterocycles. The van der Waals surface area contributed by atoms with Gasteiger partial charge in [0, 0.05) is 6.20 Å². The summed E-state index contributed by atoms with van der Waals surface area (Å²) in [4.78, 5) is 0. The van der Waals surface area contributed by atoms with Gasteiger partial charge in [-0.05, 0) is 69.5 Å². The average Bonchev–Trinajstić information content (AvgIpc) is 2.98. The zero-order chi connectivity index (χ0) is 14.5. The van der Waals surface area contributed by atoms with Crippen LogP contribution in [0.25, 0.3) is 0 Å². The lowest BCUT2D eigenvalue weighted by atomic mass is 9.71. The number of nitrogens with one attached hydrogen (secondary N) is 1. The van der Waals surface area contributed by atoms with Gasteiger partial charge in [-0.1, -0.05) is 26.2 Å². The molecule has 0 aromatic carbocycles. The number of aromatic nitrogens is 2. The molecule has 2 atom stereocenters. The Kier molecular flexibility index (Phi) is 5.34. The van der Waals surface area contributed by atoms with Crippen LogP contribution in [0.15, 0.2) is 12.3 Å². The van der Waals surface area contributed by atoms with Crippen LogP contribution in [-0.4, -0.2) is 22.9 Å². The molecule has 2 unspecified atom stereocenters. The van der Waals surface area contributed by atoms with Crippen LogP contribution in [0.1, 0.15) is 70.0 Å². The molecular formula is C18H31N3. The van der Waals surface area contributed by atoms with Gasteiger partial charge in [0.25, 0.3) is 0 Å². The van der Waals surface area contributed by atoms with Gasteiger partial charge in [-0.2, -0.15) is 5.10 Å². The summed E-state index contributed by atoms with van der Waals surface area (Å²) in [5, 5.41) is 8.47. The number of rotatable bonds is 7. The first-order valence-corrected chi connectivity index (χ1v) is 9.11. The smallest absolute Gasteiger partial charge is 0.0627 e. The van der Waals surface area contributed by atoms with E-state index in [9.17, 15) is 0 Å². The number of nitrogens with zero attached hydrogens (tertiary/aromatic N) is 2. The molecule has 21 heavy (non-hydrogen) atoms. The second kappa shape index (κ2) is 7.44. The fourth-order valence-electron chi connectivity index (χ4n) is 3.94. The molecule has 0 radical (unpaired) electrons. The third-order valence-corrected chi connectivity index (χ3v) is 5.49. The van der Waals surface area contributed by atoms with E-state index >= 15 is 0 Å². The van der Waals surface area contributed by atoms with E-state index in [2.05, 4.69) is 29.2 Å². The van der Waals surface area contributed by atoms with E-state index in [1.807, 2.05) is 0 Å². The highest BCUT2D eigenvalue weighted by atomic mass is 15.3. The lowest BCUT2D eigenvalue weighted by Gasteiger charge is -2.36. The Bertz CT molecular complexity index is 420. The molecule has 118 valence electrons. The molecule has 2 saturated carbocycles. The molecule has 1 aromatic rings. The van der Waals surface area contributed by atoms with Crippen molar-refractivity contribution in [2.45, 2.75) is 70.8 Å². The molecule has 3 nitrogen and oxygen atoms in total. The number of hydrogen-bond acceptors (Lipinski definition) is 2. The first kappa shape index (κ1) is 15.1. The Morgan fingerprint density at radius 2 is 1.95 bits per heavy atom. The molecular weight excluding hydrogens is 258 g/mol. The largest absolute Gasteiger partial charge is 0.316 e. The minimum atomic E-state index is 0.677. The monoisotopic (exact) mass is 289 g/mol. The van der Waals surface area contributed by atoms with Crippen molar-refractivity contribution in [1.29, 1.82) is 0 Å². The van der Waals surface area contributed by atoms with Gasteiger partial charge in [-0.25, -0.2) is 0 Å². The predicted octanol–water partition coefficient (Wildman–Crippen LogP) is 3.96. The average molecular weight is 289 g/mol. The van der Waals surface area contributed by atoms with Crippen LogP contribution >= 0.6 is 0 Å². The third kappa shape index (κ3) is 3.88.